The molecule has 4 nitrogen and oxygen atoms in total. The zero-order valence-corrected chi connectivity index (χ0v) is 10.8. The van der Waals surface area contributed by atoms with Gasteiger partial charge >= 0.3 is 0 Å². The fourth-order valence-electron chi connectivity index (χ4n) is 1.53. The summed E-state index contributed by atoms with van der Waals surface area (Å²) in [6, 6.07) is 0.231. The van der Waals surface area contributed by atoms with Gasteiger partial charge in [-0.2, -0.15) is 0 Å². The summed E-state index contributed by atoms with van der Waals surface area (Å²) in [7, 11) is 1.54. The SMILES string of the molecule is CCCCC(CNCCC)NC(=O)COC. The molecule has 1 unspecified atom stereocenters. The van der Waals surface area contributed by atoms with Crippen LogP contribution in [0.4, 0.5) is 0 Å². The second kappa shape index (κ2) is 10.9. The molecule has 1 atom stereocenters. The van der Waals surface area contributed by atoms with Crippen molar-refractivity contribution in [2.24, 2.45) is 0 Å². The third-order valence-electron chi connectivity index (χ3n) is 2.36. The summed E-state index contributed by atoms with van der Waals surface area (Å²) in [4.78, 5) is 11.4. The lowest BCUT2D eigenvalue weighted by Crippen LogP contribution is -2.43. The zero-order chi connectivity index (χ0) is 12.2. The lowest BCUT2D eigenvalue weighted by Gasteiger charge is -2.18. The van der Waals surface area contributed by atoms with Crippen molar-refractivity contribution in [2.45, 2.75) is 45.6 Å². The lowest BCUT2D eigenvalue weighted by atomic mass is 10.1. The molecule has 4 heteroatoms. The van der Waals surface area contributed by atoms with Crippen LogP contribution in [0, 0.1) is 0 Å². The summed E-state index contributed by atoms with van der Waals surface area (Å²) in [5, 5.41) is 6.32. The van der Waals surface area contributed by atoms with Crippen molar-refractivity contribution < 1.29 is 9.53 Å². The number of ether oxygens (including phenoxy) is 1. The summed E-state index contributed by atoms with van der Waals surface area (Å²) < 4.78 is 4.80. The van der Waals surface area contributed by atoms with E-state index < -0.39 is 0 Å². The molecule has 0 aliphatic heterocycles. The number of methoxy groups -OCH3 is 1. The van der Waals surface area contributed by atoms with Gasteiger partial charge in [0.2, 0.25) is 5.91 Å². The molecule has 0 rings (SSSR count). The van der Waals surface area contributed by atoms with E-state index in [1.54, 1.807) is 0 Å². The van der Waals surface area contributed by atoms with E-state index in [9.17, 15) is 4.79 Å². The average molecular weight is 230 g/mol. The molecule has 0 saturated carbocycles. The van der Waals surface area contributed by atoms with Gasteiger partial charge in [0.05, 0.1) is 0 Å². The molecule has 0 aromatic heterocycles. The first-order chi connectivity index (χ1) is 7.74. The van der Waals surface area contributed by atoms with Crippen molar-refractivity contribution in [3.05, 3.63) is 0 Å². The second-order valence-corrected chi connectivity index (χ2v) is 4.04. The minimum Gasteiger partial charge on any atom is -0.375 e. The van der Waals surface area contributed by atoms with Gasteiger partial charge < -0.3 is 15.4 Å². The first-order valence-corrected chi connectivity index (χ1v) is 6.23. The van der Waals surface area contributed by atoms with E-state index in [-0.39, 0.29) is 18.6 Å². The highest BCUT2D eigenvalue weighted by atomic mass is 16.5. The number of nitrogens with one attached hydrogen (secondary N) is 2. The maximum Gasteiger partial charge on any atom is 0.246 e. The maximum atomic E-state index is 11.4. The third-order valence-corrected chi connectivity index (χ3v) is 2.36. The van der Waals surface area contributed by atoms with Crippen LogP contribution in [0.1, 0.15) is 39.5 Å². The number of carbonyl (C=O) groups excluding carboxylic acids is 1. The number of hydrogen-bond acceptors (Lipinski definition) is 3. The van der Waals surface area contributed by atoms with Crippen molar-refractivity contribution >= 4 is 5.91 Å². The molecule has 0 spiro atoms. The summed E-state index contributed by atoms with van der Waals surface area (Å²) in [6.45, 7) is 6.30. The summed E-state index contributed by atoms with van der Waals surface area (Å²) in [5.41, 5.74) is 0. The fraction of sp³-hybridized carbons (Fsp3) is 0.917. The number of carbonyl (C=O) groups is 1. The molecule has 0 bridgehead atoms. The van der Waals surface area contributed by atoms with E-state index in [1.165, 1.54) is 7.11 Å². The molecular weight excluding hydrogens is 204 g/mol. The van der Waals surface area contributed by atoms with E-state index in [2.05, 4.69) is 24.5 Å². The van der Waals surface area contributed by atoms with Crippen LogP contribution in [0.2, 0.25) is 0 Å². The molecule has 2 N–H and O–H groups in total. The smallest absolute Gasteiger partial charge is 0.246 e. The van der Waals surface area contributed by atoms with Crippen molar-refractivity contribution in [3.63, 3.8) is 0 Å². The zero-order valence-electron chi connectivity index (χ0n) is 10.8. The second-order valence-electron chi connectivity index (χ2n) is 4.04. The highest BCUT2D eigenvalue weighted by molar-refractivity contribution is 5.77. The van der Waals surface area contributed by atoms with Crippen LogP contribution >= 0.6 is 0 Å². The number of amides is 1. The van der Waals surface area contributed by atoms with Gasteiger partial charge in [0.1, 0.15) is 6.61 Å². The van der Waals surface area contributed by atoms with Crippen LogP contribution in [0.5, 0.6) is 0 Å². The normalized spacial score (nSPS) is 12.4. The number of rotatable bonds is 10. The van der Waals surface area contributed by atoms with Crippen molar-refractivity contribution in [2.75, 3.05) is 26.8 Å². The highest BCUT2D eigenvalue weighted by Gasteiger charge is 2.10. The lowest BCUT2D eigenvalue weighted by molar-refractivity contribution is -0.125. The largest absolute Gasteiger partial charge is 0.375 e. The Hall–Kier alpha value is -0.610. The molecule has 0 aromatic rings. The molecule has 0 aromatic carbocycles. The molecule has 0 aliphatic carbocycles. The molecule has 16 heavy (non-hydrogen) atoms. The molecule has 0 fully saturated rings. The summed E-state index contributed by atoms with van der Waals surface area (Å²) >= 11 is 0. The first-order valence-electron chi connectivity index (χ1n) is 6.23. The standard InChI is InChI=1S/C12H26N2O2/c1-4-6-7-11(9-13-8-5-2)14-12(15)10-16-3/h11,13H,4-10H2,1-3H3,(H,14,15). The van der Waals surface area contributed by atoms with Gasteiger partial charge in [-0.1, -0.05) is 26.7 Å². The summed E-state index contributed by atoms with van der Waals surface area (Å²) in [5.74, 6) is -0.0260. The Morgan fingerprint density at radius 1 is 1.31 bits per heavy atom. The Bertz CT molecular complexity index is 174. The maximum absolute atomic E-state index is 11.4. The van der Waals surface area contributed by atoms with Gasteiger partial charge in [-0.05, 0) is 19.4 Å². The van der Waals surface area contributed by atoms with Crippen LogP contribution in [-0.2, 0) is 9.53 Å². The Kier molecular flexibility index (Phi) is 10.5. The molecule has 96 valence electrons. The topological polar surface area (TPSA) is 50.4 Å². The first kappa shape index (κ1) is 15.4. The van der Waals surface area contributed by atoms with E-state index >= 15 is 0 Å². The quantitative estimate of drug-likeness (QED) is 0.556. The molecule has 1 amide bonds. The minimum atomic E-state index is -0.0260. The van der Waals surface area contributed by atoms with Gasteiger partial charge in [-0.25, -0.2) is 0 Å². The molecule has 0 radical (unpaired) electrons. The minimum absolute atomic E-state index is 0.0260. The average Bonchev–Trinajstić information content (AvgIpc) is 2.26. The predicted molar refractivity (Wildman–Crippen MR) is 66.5 cm³/mol. The molecule has 0 aliphatic rings. The van der Waals surface area contributed by atoms with Crippen LogP contribution in [0.25, 0.3) is 0 Å². The van der Waals surface area contributed by atoms with E-state index in [1.807, 2.05) is 0 Å². The monoisotopic (exact) mass is 230 g/mol. The Balaban J connectivity index is 3.83. The Labute approximate surface area is 99.1 Å². The molecule has 0 heterocycles. The van der Waals surface area contributed by atoms with Crippen LogP contribution in [0.3, 0.4) is 0 Å². The van der Waals surface area contributed by atoms with Gasteiger partial charge in [0.15, 0.2) is 0 Å². The highest BCUT2D eigenvalue weighted by Crippen LogP contribution is 1.99. The van der Waals surface area contributed by atoms with E-state index in [0.717, 1.165) is 38.8 Å². The van der Waals surface area contributed by atoms with Crippen LogP contribution in [0.15, 0.2) is 0 Å². The number of unbranched alkanes of at least 4 members (excludes halogenated alkanes) is 1. The van der Waals surface area contributed by atoms with Crippen molar-refractivity contribution in [1.82, 2.24) is 10.6 Å². The predicted octanol–water partition coefficient (Wildman–Crippen LogP) is 1.31. The van der Waals surface area contributed by atoms with Gasteiger partial charge in [-0.15, -0.1) is 0 Å². The van der Waals surface area contributed by atoms with Crippen molar-refractivity contribution in [1.29, 1.82) is 0 Å². The molecule has 0 saturated heterocycles. The van der Waals surface area contributed by atoms with Gasteiger partial charge in [0, 0.05) is 19.7 Å². The summed E-state index contributed by atoms with van der Waals surface area (Å²) in [6.07, 6.45) is 4.45. The van der Waals surface area contributed by atoms with Gasteiger partial charge in [0.25, 0.3) is 0 Å². The van der Waals surface area contributed by atoms with E-state index in [0.29, 0.717) is 0 Å². The van der Waals surface area contributed by atoms with Crippen LogP contribution in [-0.4, -0.2) is 38.8 Å². The molecular formula is C12H26N2O2. The third kappa shape index (κ3) is 8.68. The Morgan fingerprint density at radius 2 is 2.06 bits per heavy atom. The van der Waals surface area contributed by atoms with E-state index in [4.69, 9.17) is 4.74 Å². The van der Waals surface area contributed by atoms with Gasteiger partial charge in [-0.3, -0.25) is 4.79 Å². The fourth-order valence-corrected chi connectivity index (χ4v) is 1.53. The van der Waals surface area contributed by atoms with Crippen LogP contribution < -0.4 is 10.6 Å². The number of hydrogen-bond donors (Lipinski definition) is 2. The van der Waals surface area contributed by atoms with Crippen molar-refractivity contribution in [3.8, 4) is 0 Å². The Morgan fingerprint density at radius 3 is 2.62 bits per heavy atom.